The van der Waals surface area contributed by atoms with Gasteiger partial charge in [0.15, 0.2) is 0 Å². The maximum absolute atomic E-state index is 14.2. The Balaban J connectivity index is 2.12. The molecule has 0 amide bonds. The number of anilines is 1. The molecule has 0 aromatic heterocycles. The van der Waals surface area contributed by atoms with Gasteiger partial charge in [-0.2, -0.15) is 0 Å². The van der Waals surface area contributed by atoms with Gasteiger partial charge in [-0.15, -0.1) is 0 Å². The third-order valence-corrected chi connectivity index (χ3v) is 3.95. The van der Waals surface area contributed by atoms with Crippen molar-refractivity contribution >= 4 is 5.69 Å². The van der Waals surface area contributed by atoms with E-state index < -0.39 is 11.4 Å². The first-order valence-electron chi connectivity index (χ1n) is 6.50. The van der Waals surface area contributed by atoms with Gasteiger partial charge in [0, 0.05) is 17.3 Å². The predicted molar refractivity (Wildman–Crippen MR) is 75.1 cm³/mol. The van der Waals surface area contributed by atoms with E-state index in [0.717, 1.165) is 11.1 Å². The van der Waals surface area contributed by atoms with Gasteiger partial charge in [0.2, 0.25) is 0 Å². The summed E-state index contributed by atoms with van der Waals surface area (Å²) in [6.45, 7) is 0. The first-order valence-corrected chi connectivity index (χ1v) is 6.50. The molecule has 2 aromatic rings. The molecule has 0 radical (unpaired) electrons. The molecule has 0 saturated carbocycles. The number of hydrogen-bond donors (Lipinski definition) is 2. The highest BCUT2D eigenvalue weighted by atomic mass is 19.1. The van der Waals surface area contributed by atoms with Crippen LogP contribution in [0.2, 0.25) is 0 Å². The lowest BCUT2D eigenvalue weighted by Gasteiger charge is -2.25. The van der Waals surface area contributed by atoms with Gasteiger partial charge in [-0.1, -0.05) is 6.07 Å². The van der Waals surface area contributed by atoms with Crippen LogP contribution in [0.4, 0.5) is 10.1 Å². The Morgan fingerprint density at radius 3 is 2.65 bits per heavy atom. The van der Waals surface area contributed by atoms with E-state index >= 15 is 0 Å². The van der Waals surface area contributed by atoms with Crippen LogP contribution in [0.5, 0.6) is 5.75 Å². The van der Waals surface area contributed by atoms with E-state index in [-0.39, 0.29) is 5.56 Å². The van der Waals surface area contributed by atoms with Crippen LogP contribution in [0.3, 0.4) is 0 Å². The summed E-state index contributed by atoms with van der Waals surface area (Å²) in [7, 11) is 1.48. The first kappa shape index (κ1) is 12.9. The number of hydrogen-bond acceptors (Lipinski definition) is 3. The summed E-state index contributed by atoms with van der Waals surface area (Å²) in [6, 6.07) is 9.89. The zero-order valence-corrected chi connectivity index (χ0v) is 11.2. The fraction of sp³-hybridized carbons (Fsp3) is 0.250. The number of fused-ring (bicyclic) bond motifs is 1. The van der Waals surface area contributed by atoms with Crippen molar-refractivity contribution in [1.29, 1.82) is 0 Å². The van der Waals surface area contributed by atoms with Crippen LogP contribution < -0.4 is 10.5 Å². The van der Waals surface area contributed by atoms with Crippen LogP contribution in [0, 0.1) is 5.82 Å². The summed E-state index contributed by atoms with van der Waals surface area (Å²) in [6.07, 6.45) is 1.14. The van der Waals surface area contributed by atoms with Gasteiger partial charge in [0.1, 0.15) is 17.2 Å². The molecule has 0 fully saturated rings. The highest BCUT2D eigenvalue weighted by molar-refractivity contribution is 5.53. The van der Waals surface area contributed by atoms with E-state index in [1.807, 2.05) is 6.07 Å². The van der Waals surface area contributed by atoms with Crippen molar-refractivity contribution in [3.63, 3.8) is 0 Å². The molecule has 1 aliphatic rings. The molecule has 20 heavy (non-hydrogen) atoms. The van der Waals surface area contributed by atoms with Crippen molar-refractivity contribution < 1.29 is 14.2 Å². The summed E-state index contributed by atoms with van der Waals surface area (Å²) in [5.41, 5.74) is 7.10. The second-order valence-corrected chi connectivity index (χ2v) is 5.12. The highest BCUT2D eigenvalue weighted by Gasteiger charge is 2.40. The van der Waals surface area contributed by atoms with Crippen LogP contribution in [0.15, 0.2) is 36.4 Å². The normalized spacial score (nSPS) is 20.8. The Bertz CT molecular complexity index is 672. The summed E-state index contributed by atoms with van der Waals surface area (Å²) in [4.78, 5) is 0. The molecular weight excluding hydrogens is 257 g/mol. The molecule has 0 spiro atoms. The van der Waals surface area contributed by atoms with E-state index in [0.29, 0.717) is 24.3 Å². The molecule has 3 nitrogen and oxygen atoms in total. The Morgan fingerprint density at radius 2 is 1.95 bits per heavy atom. The number of aryl methyl sites for hydroxylation is 1. The standard InChI is InChI=1S/C16H16FNO2/c1-20-12-3-5-14(15(17)9-12)16(19)7-6-10-8-11(18)2-4-13(10)16/h2-5,8-9,19H,6-7,18H2,1H3. The average molecular weight is 273 g/mol. The van der Waals surface area contributed by atoms with Crippen molar-refractivity contribution in [3.05, 3.63) is 58.9 Å². The van der Waals surface area contributed by atoms with Gasteiger partial charge < -0.3 is 15.6 Å². The lowest BCUT2D eigenvalue weighted by Crippen LogP contribution is -2.25. The molecule has 3 rings (SSSR count). The van der Waals surface area contributed by atoms with E-state index in [2.05, 4.69) is 0 Å². The van der Waals surface area contributed by atoms with Gasteiger partial charge in [0.25, 0.3) is 0 Å². The molecule has 1 unspecified atom stereocenters. The number of ether oxygens (including phenoxy) is 1. The zero-order valence-electron chi connectivity index (χ0n) is 11.2. The average Bonchev–Trinajstić information content (AvgIpc) is 2.76. The van der Waals surface area contributed by atoms with Crippen LogP contribution in [0.25, 0.3) is 0 Å². The minimum Gasteiger partial charge on any atom is -0.497 e. The van der Waals surface area contributed by atoms with Gasteiger partial charge in [0.05, 0.1) is 7.11 Å². The molecule has 0 heterocycles. The van der Waals surface area contributed by atoms with Crippen molar-refractivity contribution in [1.82, 2.24) is 0 Å². The third-order valence-electron chi connectivity index (χ3n) is 3.95. The maximum atomic E-state index is 14.2. The van der Waals surface area contributed by atoms with E-state index in [1.165, 1.54) is 13.2 Å². The molecule has 0 saturated heterocycles. The fourth-order valence-electron chi connectivity index (χ4n) is 2.91. The molecule has 1 atom stereocenters. The first-order chi connectivity index (χ1) is 9.54. The molecular formula is C16H16FNO2. The topological polar surface area (TPSA) is 55.5 Å². The van der Waals surface area contributed by atoms with Crippen molar-refractivity contribution in [2.75, 3.05) is 12.8 Å². The molecule has 1 aliphatic carbocycles. The Morgan fingerprint density at radius 1 is 1.20 bits per heavy atom. The second-order valence-electron chi connectivity index (χ2n) is 5.12. The van der Waals surface area contributed by atoms with Crippen molar-refractivity contribution in [2.45, 2.75) is 18.4 Å². The zero-order chi connectivity index (χ0) is 14.3. The minimum atomic E-state index is -1.29. The molecule has 3 N–H and O–H groups in total. The van der Waals surface area contributed by atoms with Crippen LogP contribution in [0.1, 0.15) is 23.1 Å². The van der Waals surface area contributed by atoms with Crippen molar-refractivity contribution in [2.24, 2.45) is 0 Å². The number of nitrogen functional groups attached to an aromatic ring is 1. The quantitative estimate of drug-likeness (QED) is 0.827. The summed E-state index contributed by atoms with van der Waals surface area (Å²) in [5.74, 6) is -0.0260. The van der Waals surface area contributed by atoms with Gasteiger partial charge in [-0.25, -0.2) is 4.39 Å². The smallest absolute Gasteiger partial charge is 0.133 e. The van der Waals surface area contributed by atoms with Crippen LogP contribution >= 0.6 is 0 Å². The van der Waals surface area contributed by atoms with Gasteiger partial charge in [-0.05, 0) is 48.2 Å². The van der Waals surface area contributed by atoms with Gasteiger partial charge in [-0.3, -0.25) is 0 Å². The molecule has 104 valence electrons. The SMILES string of the molecule is COc1ccc(C2(O)CCc3cc(N)ccc32)c(F)c1. The maximum Gasteiger partial charge on any atom is 0.133 e. The predicted octanol–water partition coefficient (Wildman–Crippen LogP) is 2.60. The van der Waals surface area contributed by atoms with Gasteiger partial charge >= 0.3 is 0 Å². The third kappa shape index (κ3) is 1.84. The number of halogens is 1. The Labute approximate surface area is 116 Å². The van der Waals surface area contributed by atoms with E-state index in [9.17, 15) is 9.50 Å². The summed E-state index contributed by atoms with van der Waals surface area (Å²) >= 11 is 0. The van der Waals surface area contributed by atoms with Crippen molar-refractivity contribution in [3.8, 4) is 5.75 Å². The lowest BCUT2D eigenvalue weighted by atomic mass is 9.87. The highest BCUT2D eigenvalue weighted by Crippen LogP contribution is 2.43. The number of rotatable bonds is 2. The van der Waals surface area contributed by atoms with Crippen LogP contribution in [-0.2, 0) is 12.0 Å². The lowest BCUT2D eigenvalue weighted by molar-refractivity contribution is 0.0788. The number of aliphatic hydroxyl groups is 1. The van der Waals surface area contributed by atoms with E-state index in [4.69, 9.17) is 10.5 Å². The fourth-order valence-corrected chi connectivity index (χ4v) is 2.91. The largest absolute Gasteiger partial charge is 0.497 e. The Kier molecular flexibility index (Phi) is 2.91. The van der Waals surface area contributed by atoms with Crippen LogP contribution in [-0.4, -0.2) is 12.2 Å². The molecule has 2 aromatic carbocycles. The number of nitrogens with two attached hydrogens (primary N) is 1. The minimum absolute atomic E-state index is 0.279. The van der Waals surface area contributed by atoms with E-state index in [1.54, 1.807) is 24.3 Å². The Hall–Kier alpha value is -2.07. The number of benzene rings is 2. The second kappa shape index (κ2) is 4.49. The molecule has 0 aliphatic heterocycles. The summed E-state index contributed by atoms with van der Waals surface area (Å²) < 4.78 is 19.2. The monoisotopic (exact) mass is 273 g/mol. The molecule has 0 bridgehead atoms. The number of methoxy groups -OCH3 is 1. The summed E-state index contributed by atoms with van der Waals surface area (Å²) in [5, 5.41) is 10.9. The molecule has 4 heteroatoms.